The number of carbonyl (C=O) groups excluding carboxylic acids is 1. The molecule has 7 nitrogen and oxygen atoms in total. The molecule has 8 heteroatoms. The van der Waals surface area contributed by atoms with Gasteiger partial charge in [-0.2, -0.15) is 5.10 Å². The van der Waals surface area contributed by atoms with Crippen LogP contribution in [0.1, 0.15) is 37.7 Å². The summed E-state index contributed by atoms with van der Waals surface area (Å²) >= 11 is 6.37. The number of carbonyl (C=O) groups is 1. The fourth-order valence-electron chi connectivity index (χ4n) is 3.40. The van der Waals surface area contributed by atoms with Crippen molar-refractivity contribution in [2.45, 2.75) is 38.1 Å². The number of nitrogens with one attached hydrogen (secondary N) is 2. The van der Waals surface area contributed by atoms with Gasteiger partial charge in [-0.3, -0.25) is 0 Å². The van der Waals surface area contributed by atoms with Crippen molar-refractivity contribution >= 4 is 23.8 Å². The average Bonchev–Trinajstić information content (AvgIpc) is 2.79. The van der Waals surface area contributed by atoms with Crippen LogP contribution in [-0.4, -0.2) is 38.6 Å². The number of benzene rings is 2. The van der Waals surface area contributed by atoms with E-state index in [-0.39, 0.29) is 12.1 Å². The highest BCUT2D eigenvalue weighted by atomic mass is 35.5. The van der Waals surface area contributed by atoms with E-state index in [2.05, 4.69) is 15.8 Å². The fourth-order valence-corrected chi connectivity index (χ4v) is 3.68. The molecular weight excluding hydrogens is 418 g/mol. The Bertz CT molecular complexity index is 871. The lowest BCUT2D eigenvalue weighted by atomic mass is 9.96. The first-order valence-corrected chi connectivity index (χ1v) is 10.8. The Morgan fingerprint density at radius 1 is 1.13 bits per heavy atom. The maximum absolute atomic E-state index is 12.0. The molecule has 2 aromatic rings. The third-order valence-corrected chi connectivity index (χ3v) is 5.19. The lowest BCUT2D eigenvalue weighted by Crippen LogP contribution is -2.41. The number of hydrazone groups is 1. The van der Waals surface area contributed by atoms with E-state index in [1.54, 1.807) is 12.1 Å². The van der Waals surface area contributed by atoms with Crippen molar-refractivity contribution in [3.8, 4) is 17.2 Å². The first kappa shape index (κ1) is 22.7. The summed E-state index contributed by atoms with van der Waals surface area (Å²) < 4.78 is 16.8. The molecule has 2 N–H and O–H groups in total. The minimum absolute atomic E-state index is 0.223. The number of methoxy groups -OCH3 is 1. The molecule has 0 unspecified atom stereocenters. The van der Waals surface area contributed by atoms with Gasteiger partial charge in [0, 0.05) is 6.04 Å². The van der Waals surface area contributed by atoms with E-state index in [1.807, 2.05) is 30.3 Å². The quantitative estimate of drug-likeness (QED) is 0.331. The van der Waals surface area contributed by atoms with E-state index in [9.17, 15) is 4.79 Å². The van der Waals surface area contributed by atoms with Crippen molar-refractivity contribution < 1.29 is 19.0 Å². The highest BCUT2D eigenvalue weighted by molar-refractivity contribution is 6.32. The minimum atomic E-state index is -0.306. The second-order valence-corrected chi connectivity index (χ2v) is 7.63. The standard InChI is InChI=1S/C23H28ClN3O4/c1-29-21-15-17(16-25-27-23(28)26-18-8-4-2-5-9-18)14-20(24)22(21)31-13-12-30-19-10-6-3-7-11-19/h3,6-7,10-11,14-16,18H,2,4-5,8-9,12-13H2,1H3,(H2,26,27,28). The number of rotatable bonds is 9. The number of ether oxygens (including phenoxy) is 3. The van der Waals surface area contributed by atoms with Crippen LogP contribution in [0, 0.1) is 0 Å². The third kappa shape index (κ3) is 7.36. The fraction of sp³-hybridized carbons (Fsp3) is 0.391. The van der Waals surface area contributed by atoms with Gasteiger partial charge in [0.2, 0.25) is 0 Å². The van der Waals surface area contributed by atoms with Crippen molar-refractivity contribution in [3.63, 3.8) is 0 Å². The zero-order chi connectivity index (χ0) is 21.9. The van der Waals surface area contributed by atoms with Crippen LogP contribution in [0.5, 0.6) is 17.2 Å². The van der Waals surface area contributed by atoms with Crippen LogP contribution in [0.4, 0.5) is 4.79 Å². The average molecular weight is 446 g/mol. The number of urea groups is 1. The largest absolute Gasteiger partial charge is 0.493 e. The van der Waals surface area contributed by atoms with Crippen molar-refractivity contribution in [1.82, 2.24) is 10.7 Å². The Labute approximate surface area is 187 Å². The summed E-state index contributed by atoms with van der Waals surface area (Å²) in [7, 11) is 1.54. The van der Waals surface area contributed by atoms with E-state index in [4.69, 9.17) is 25.8 Å². The SMILES string of the molecule is COc1cc(C=NNC(=O)NC2CCCCC2)cc(Cl)c1OCCOc1ccccc1. The summed E-state index contributed by atoms with van der Waals surface area (Å²) in [5, 5.41) is 7.32. The maximum Gasteiger partial charge on any atom is 0.335 e. The molecule has 0 aromatic heterocycles. The van der Waals surface area contributed by atoms with Crippen LogP contribution < -0.4 is 25.0 Å². The summed E-state index contributed by atoms with van der Waals surface area (Å²) in [5.74, 6) is 1.68. The van der Waals surface area contributed by atoms with Gasteiger partial charge < -0.3 is 19.5 Å². The Morgan fingerprint density at radius 2 is 1.87 bits per heavy atom. The topological polar surface area (TPSA) is 81.2 Å². The molecular formula is C23H28ClN3O4. The van der Waals surface area contributed by atoms with Gasteiger partial charge in [0.15, 0.2) is 11.5 Å². The Hall–Kier alpha value is -2.93. The monoisotopic (exact) mass is 445 g/mol. The minimum Gasteiger partial charge on any atom is -0.493 e. The molecule has 1 aliphatic rings. The number of nitrogens with zero attached hydrogens (tertiary/aromatic N) is 1. The van der Waals surface area contributed by atoms with Gasteiger partial charge in [-0.05, 0) is 42.7 Å². The van der Waals surface area contributed by atoms with Crippen molar-refractivity contribution in [1.29, 1.82) is 0 Å². The lowest BCUT2D eigenvalue weighted by molar-refractivity contribution is 0.211. The molecule has 166 valence electrons. The second-order valence-electron chi connectivity index (χ2n) is 7.22. The molecule has 1 saturated carbocycles. The lowest BCUT2D eigenvalue weighted by Gasteiger charge is -2.22. The molecule has 31 heavy (non-hydrogen) atoms. The first-order chi connectivity index (χ1) is 15.2. The summed E-state index contributed by atoms with van der Waals surface area (Å²) in [6, 6.07) is 12.9. The molecule has 0 saturated heterocycles. The van der Waals surface area contributed by atoms with E-state index in [1.165, 1.54) is 19.7 Å². The number of para-hydroxylation sites is 1. The molecule has 2 amide bonds. The van der Waals surface area contributed by atoms with Crippen LogP contribution in [0.15, 0.2) is 47.6 Å². The zero-order valence-electron chi connectivity index (χ0n) is 17.6. The number of halogens is 1. The Kier molecular flexibility index (Phi) is 8.84. The van der Waals surface area contributed by atoms with E-state index >= 15 is 0 Å². The van der Waals surface area contributed by atoms with Crippen molar-refractivity contribution in [2.24, 2.45) is 5.10 Å². The van der Waals surface area contributed by atoms with Crippen LogP contribution in [0.2, 0.25) is 5.02 Å². The first-order valence-electron chi connectivity index (χ1n) is 10.4. The van der Waals surface area contributed by atoms with Gasteiger partial charge in [-0.15, -0.1) is 0 Å². The number of amides is 2. The predicted molar refractivity (Wildman–Crippen MR) is 122 cm³/mol. The highest BCUT2D eigenvalue weighted by Crippen LogP contribution is 2.36. The normalized spacial score (nSPS) is 14.3. The molecule has 2 aromatic carbocycles. The summed E-state index contributed by atoms with van der Waals surface area (Å²) in [6.07, 6.45) is 7.08. The zero-order valence-corrected chi connectivity index (χ0v) is 18.4. The summed E-state index contributed by atoms with van der Waals surface area (Å²) in [6.45, 7) is 0.675. The van der Waals surface area contributed by atoms with Gasteiger partial charge in [0.1, 0.15) is 19.0 Å². The second kappa shape index (κ2) is 12.1. The van der Waals surface area contributed by atoms with Crippen LogP contribution in [-0.2, 0) is 0 Å². The van der Waals surface area contributed by atoms with Gasteiger partial charge in [-0.25, -0.2) is 10.2 Å². The van der Waals surface area contributed by atoms with Crippen LogP contribution >= 0.6 is 11.6 Å². The molecule has 1 fully saturated rings. The van der Waals surface area contributed by atoms with E-state index in [0.717, 1.165) is 31.4 Å². The Balaban J connectivity index is 1.50. The van der Waals surface area contributed by atoms with Gasteiger partial charge in [0.25, 0.3) is 0 Å². The molecule has 0 heterocycles. The van der Waals surface area contributed by atoms with E-state index in [0.29, 0.717) is 35.3 Å². The molecule has 3 rings (SSSR count). The van der Waals surface area contributed by atoms with Crippen LogP contribution in [0.25, 0.3) is 0 Å². The third-order valence-electron chi connectivity index (χ3n) is 4.91. The number of hydrogen-bond acceptors (Lipinski definition) is 5. The molecule has 0 atom stereocenters. The van der Waals surface area contributed by atoms with Gasteiger partial charge in [0.05, 0.1) is 18.3 Å². The van der Waals surface area contributed by atoms with Gasteiger partial charge >= 0.3 is 6.03 Å². The molecule has 0 bridgehead atoms. The predicted octanol–water partition coefficient (Wildman–Crippen LogP) is 4.77. The number of hydrogen-bond donors (Lipinski definition) is 2. The van der Waals surface area contributed by atoms with Crippen molar-refractivity contribution in [3.05, 3.63) is 53.1 Å². The maximum atomic E-state index is 12.0. The molecule has 0 aliphatic heterocycles. The Morgan fingerprint density at radius 3 is 2.61 bits per heavy atom. The van der Waals surface area contributed by atoms with Crippen LogP contribution in [0.3, 0.4) is 0 Å². The van der Waals surface area contributed by atoms with Crippen molar-refractivity contribution in [2.75, 3.05) is 20.3 Å². The molecule has 0 radical (unpaired) electrons. The smallest absolute Gasteiger partial charge is 0.335 e. The highest BCUT2D eigenvalue weighted by Gasteiger charge is 2.15. The molecule has 0 spiro atoms. The molecule has 1 aliphatic carbocycles. The van der Waals surface area contributed by atoms with E-state index < -0.39 is 0 Å². The van der Waals surface area contributed by atoms with Gasteiger partial charge in [-0.1, -0.05) is 49.1 Å². The summed E-state index contributed by atoms with van der Waals surface area (Å²) in [4.78, 5) is 12.0. The summed E-state index contributed by atoms with van der Waals surface area (Å²) in [5.41, 5.74) is 3.17.